The number of thiocarbonyl (C=S) groups is 1. The van der Waals surface area contributed by atoms with Crippen LogP contribution in [0.25, 0.3) is 11.7 Å². The van der Waals surface area contributed by atoms with Crippen LogP contribution in [0, 0.1) is 6.92 Å². The molecule has 0 aliphatic carbocycles. The van der Waals surface area contributed by atoms with E-state index < -0.39 is 0 Å². The number of carbonyl (C=O) groups is 1. The second-order valence-corrected chi connectivity index (χ2v) is 9.56. The maximum atomic E-state index is 13.5. The van der Waals surface area contributed by atoms with Gasteiger partial charge in [-0.3, -0.25) is 18.9 Å². The number of fused-ring (bicyclic) bond motifs is 1. The fourth-order valence-corrected chi connectivity index (χ4v) is 5.10. The van der Waals surface area contributed by atoms with Crippen LogP contribution in [0.5, 0.6) is 0 Å². The van der Waals surface area contributed by atoms with Crippen molar-refractivity contribution in [3.8, 4) is 0 Å². The monoisotopic (exact) mass is 458 g/mol. The lowest BCUT2D eigenvalue weighted by atomic mass is 10.2. The van der Waals surface area contributed by atoms with Gasteiger partial charge in [0.1, 0.15) is 15.8 Å². The molecule has 1 atom stereocenters. The van der Waals surface area contributed by atoms with E-state index in [0.717, 1.165) is 37.9 Å². The first-order chi connectivity index (χ1) is 14.8. The van der Waals surface area contributed by atoms with Gasteiger partial charge >= 0.3 is 0 Å². The van der Waals surface area contributed by atoms with Gasteiger partial charge in [0, 0.05) is 25.3 Å². The number of hydrogen-bond donors (Lipinski definition) is 0. The Labute approximate surface area is 193 Å². The number of aromatic nitrogens is 2. The maximum absolute atomic E-state index is 13.5. The Morgan fingerprint density at radius 3 is 2.48 bits per heavy atom. The van der Waals surface area contributed by atoms with Gasteiger partial charge in [0.05, 0.1) is 10.5 Å². The molecule has 1 aliphatic heterocycles. The Kier molecular flexibility index (Phi) is 7.54. The first kappa shape index (κ1) is 23.5. The van der Waals surface area contributed by atoms with Gasteiger partial charge in [0.25, 0.3) is 11.5 Å². The highest BCUT2D eigenvalue weighted by atomic mass is 32.2. The number of rotatable bonds is 8. The lowest BCUT2D eigenvalue weighted by Gasteiger charge is -2.24. The molecular formula is C23H30N4O2S2. The predicted octanol–water partition coefficient (Wildman–Crippen LogP) is 4.63. The Bertz CT molecular complexity index is 1090. The quantitative estimate of drug-likeness (QED) is 0.425. The summed E-state index contributed by atoms with van der Waals surface area (Å²) < 4.78 is 2.10. The van der Waals surface area contributed by atoms with Gasteiger partial charge in [-0.15, -0.1) is 0 Å². The molecule has 0 bridgehead atoms. The Morgan fingerprint density at radius 2 is 1.87 bits per heavy atom. The molecule has 1 fully saturated rings. The zero-order valence-electron chi connectivity index (χ0n) is 18.8. The van der Waals surface area contributed by atoms with Crippen LogP contribution < -0.4 is 10.5 Å². The van der Waals surface area contributed by atoms with E-state index in [-0.39, 0.29) is 17.5 Å². The number of nitrogens with zero attached hydrogens (tertiary/aromatic N) is 4. The van der Waals surface area contributed by atoms with Crippen molar-refractivity contribution in [2.75, 3.05) is 18.0 Å². The molecule has 0 unspecified atom stereocenters. The minimum atomic E-state index is -0.172. The summed E-state index contributed by atoms with van der Waals surface area (Å²) in [4.78, 5) is 35.8. The van der Waals surface area contributed by atoms with E-state index in [1.54, 1.807) is 21.6 Å². The average Bonchev–Trinajstić information content (AvgIpc) is 3.02. The van der Waals surface area contributed by atoms with E-state index in [4.69, 9.17) is 17.2 Å². The summed E-state index contributed by atoms with van der Waals surface area (Å²) >= 11 is 6.72. The molecule has 0 radical (unpaired) electrons. The number of aryl methyl sites for hydroxylation is 1. The van der Waals surface area contributed by atoms with Gasteiger partial charge in [-0.05, 0) is 50.8 Å². The summed E-state index contributed by atoms with van der Waals surface area (Å²) in [6.45, 7) is 11.7. The SMILES string of the molecule is CCCN(CCC)c1nc2ccc(C)cn2c(=O)c1/C=C1\SC(=S)N([C@@H](C)CC)C1=O. The Hall–Kier alpha value is -2.19. The van der Waals surface area contributed by atoms with Crippen LogP contribution in [0.3, 0.4) is 0 Å². The van der Waals surface area contributed by atoms with Crippen molar-refractivity contribution in [3.05, 3.63) is 44.7 Å². The second kappa shape index (κ2) is 9.96. The van der Waals surface area contributed by atoms with Crippen LogP contribution in [0.1, 0.15) is 58.1 Å². The molecule has 1 saturated heterocycles. The molecule has 1 aliphatic rings. The van der Waals surface area contributed by atoms with Crippen molar-refractivity contribution in [1.29, 1.82) is 0 Å². The summed E-state index contributed by atoms with van der Waals surface area (Å²) in [5.41, 5.74) is 1.84. The minimum Gasteiger partial charge on any atom is -0.356 e. The topological polar surface area (TPSA) is 57.9 Å². The van der Waals surface area contributed by atoms with Crippen LogP contribution in [0.15, 0.2) is 28.0 Å². The largest absolute Gasteiger partial charge is 0.356 e. The number of pyridine rings is 1. The van der Waals surface area contributed by atoms with Crippen molar-refractivity contribution in [3.63, 3.8) is 0 Å². The molecule has 6 nitrogen and oxygen atoms in total. The van der Waals surface area contributed by atoms with Crippen molar-refractivity contribution in [1.82, 2.24) is 14.3 Å². The first-order valence-electron chi connectivity index (χ1n) is 10.9. The van der Waals surface area contributed by atoms with Gasteiger partial charge in [-0.25, -0.2) is 4.98 Å². The molecule has 2 aromatic heterocycles. The van der Waals surface area contributed by atoms with Crippen LogP contribution in [-0.4, -0.2) is 43.6 Å². The van der Waals surface area contributed by atoms with E-state index >= 15 is 0 Å². The zero-order valence-corrected chi connectivity index (χ0v) is 20.5. The van der Waals surface area contributed by atoms with Crippen molar-refractivity contribution in [2.45, 2.75) is 59.9 Å². The van der Waals surface area contributed by atoms with Crippen LogP contribution in [-0.2, 0) is 4.79 Å². The van der Waals surface area contributed by atoms with E-state index in [9.17, 15) is 9.59 Å². The molecular weight excluding hydrogens is 428 g/mol. The van der Waals surface area contributed by atoms with Crippen molar-refractivity contribution in [2.24, 2.45) is 0 Å². The van der Waals surface area contributed by atoms with Gasteiger partial charge < -0.3 is 4.90 Å². The normalized spacial score (nSPS) is 16.5. The number of hydrogen-bond acceptors (Lipinski definition) is 6. The van der Waals surface area contributed by atoms with Gasteiger partial charge in [-0.1, -0.05) is 50.8 Å². The Balaban J connectivity index is 2.22. The molecule has 3 rings (SSSR count). The van der Waals surface area contributed by atoms with Crippen LogP contribution in [0.4, 0.5) is 5.82 Å². The molecule has 0 aromatic carbocycles. The van der Waals surface area contributed by atoms with Crippen molar-refractivity contribution >= 4 is 51.7 Å². The maximum Gasteiger partial charge on any atom is 0.267 e. The molecule has 1 amide bonds. The summed E-state index contributed by atoms with van der Waals surface area (Å²) in [5, 5.41) is 0. The van der Waals surface area contributed by atoms with Gasteiger partial charge in [0.15, 0.2) is 0 Å². The zero-order chi connectivity index (χ0) is 22.7. The molecule has 31 heavy (non-hydrogen) atoms. The fraction of sp³-hybridized carbons (Fsp3) is 0.478. The Morgan fingerprint density at radius 1 is 1.19 bits per heavy atom. The highest BCUT2D eigenvalue weighted by Crippen LogP contribution is 2.35. The summed E-state index contributed by atoms with van der Waals surface area (Å²) in [5.74, 6) is 0.493. The smallest absolute Gasteiger partial charge is 0.267 e. The molecule has 0 spiro atoms. The first-order valence-corrected chi connectivity index (χ1v) is 12.1. The molecule has 0 saturated carbocycles. The van der Waals surface area contributed by atoms with E-state index in [1.807, 2.05) is 32.9 Å². The molecule has 3 heterocycles. The van der Waals surface area contributed by atoms with Gasteiger partial charge in [0.2, 0.25) is 0 Å². The van der Waals surface area contributed by atoms with Crippen molar-refractivity contribution < 1.29 is 4.79 Å². The number of anilines is 1. The average molecular weight is 459 g/mol. The lowest BCUT2D eigenvalue weighted by Crippen LogP contribution is -2.36. The van der Waals surface area contributed by atoms with E-state index in [1.165, 1.54) is 11.8 Å². The molecule has 166 valence electrons. The lowest BCUT2D eigenvalue weighted by molar-refractivity contribution is -0.123. The third kappa shape index (κ3) is 4.70. The second-order valence-electron chi connectivity index (χ2n) is 7.88. The highest BCUT2D eigenvalue weighted by Gasteiger charge is 2.35. The van der Waals surface area contributed by atoms with Crippen LogP contribution >= 0.6 is 24.0 Å². The minimum absolute atomic E-state index is 0.0213. The third-order valence-electron chi connectivity index (χ3n) is 5.40. The third-order valence-corrected chi connectivity index (χ3v) is 6.73. The fourth-order valence-electron chi connectivity index (χ4n) is 3.65. The van der Waals surface area contributed by atoms with Gasteiger partial charge in [-0.2, -0.15) is 0 Å². The molecule has 8 heteroatoms. The van der Waals surface area contributed by atoms with E-state index in [2.05, 4.69) is 18.7 Å². The summed E-state index contributed by atoms with van der Waals surface area (Å²) in [6, 6.07) is 3.84. The van der Waals surface area contributed by atoms with E-state index in [0.29, 0.717) is 26.3 Å². The molecule has 0 N–H and O–H groups in total. The summed E-state index contributed by atoms with van der Waals surface area (Å²) in [7, 11) is 0. The summed E-state index contributed by atoms with van der Waals surface area (Å²) in [6.07, 6.45) is 6.17. The standard InChI is InChI=1S/C23H30N4O2S2/c1-6-11-25(12-7-2)20-17(21(28)26-14-15(4)9-10-19(26)24-20)13-18-22(29)27(16(5)8-3)23(30)31-18/h9-10,13-14,16H,6-8,11-12H2,1-5H3/b18-13-/t16-/m0/s1. The predicted molar refractivity (Wildman–Crippen MR) is 134 cm³/mol. The number of carbonyl (C=O) groups excluding carboxylic acids is 1. The van der Waals surface area contributed by atoms with Crippen LogP contribution in [0.2, 0.25) is 0 Å². The molecule has 2 aromatic rings. The highest BCUT2D eigenvalue weighted by molar-refractivity contribution is 8.26. The number of amides is 1. The number of thioether (sulfide) groups is 1.